The first kappa shape index (κ1) is 8.08. The maximum atomic E-state index is 5.32. The number of rotatable bonds is 3. The molecule has 1 rings (SSSR count). The molecule has 1 heterocycles. The molecule has 0 saturated carbocycles. The lowest BCUT2D eigenvalue weighted by atomic mass is 10.2. The van der Waals surface area contributed by atoms with Gasteiger partial charge in [0.15, 0.2) is 0 Å². The molecule has 1 aromatic rings. The second-order valence-corrected chi connectivity index (χ2v) is 2.45. The summed E-state index contributed by atoms with van der Waals surface area (Å²) in [6.45, 7) is 2.71. The van der Waals surface area contributed by atoms with E-state index in [1.807, 2.05) is 25.1 Å². The molecule has 0 atom stereocenters. The highest BCUT2D eigenvalue weighted by molar-refractivity contribution is 5.46. The van der Waals surface area contributed by atoms with Crippen molar-refractivity contribution in [3.8, 4) is 0 Å². The van der Waals surface area contributed by atoms with Gasteiger partial charge in [-0.3, -0.25) is 0 Å². The first-order valence-corrected chi connectivity index (χ1v) is 3.75. The fourth-order valence-corrected chi connectivity index (χ4v) is 0.842. The molecule has 0 radical (unpaired) electrons. The summed E-state index contributed by atoms with van der Waals surface area (Å²) in [5, 5.41) is 0. The second-order valence-electron chi connectivity index (χ2n) is 2.45. The van der Waals surface area contributed by atoms with Gasteiger partial charge in [-0.1, -0.05) is 6.08 Å². The van der Waals surface area contributed by atoms with E-state index in [1.165, 1.54) is 5.56 Å². The predicted molar refractivity (Wildman–Crippen MR) is 46.2 cm³/mol. The van der Waals surface area contributed by atoms with Crippen LogP contribution in [0.4, 0.5) is 0 Å². The summed E-state index contributed by atoms with van der Waals surface area (Å²) >= 11 is 0. The molecule has 0 saturated heterocycles. The van der Waals surface area contributed by atoms with Gasteiger partial charge in [0.05, 0.1) is 6.26 Å². The standard InChI is InChI=1S/C9H13NO/c1-8-5-7-11-9(8)4-2-3-6-10/h2,4-5,7H,3,6,10H2,1H3/b4-2+. The fourth-order valence-electron chi connectivity index (χ4n) is 0.842. The third-order valence-electron chi connectivity index (χ3n) is 1.50. The Hall–Kier alpha value is -1.02. The Morgan fingerprint density at radius 2 is 2.45 bits per heavy atom. The van der Waals surface area contributed by atoms with Crippen LogP contribution in [0, 0.1) is 6.92 Å². The highest BCUT2D eigenvalue weighted by atomic mass is 16.3. The molecule has 11 heavy (non-hydrogen) atoms. The van der Waals surface area contributed by atoms with Gasteiger partial charge in [0.1, 0.15) is 5.76 Å². The minimum atomic E-state index is 0.691. The van der Waals surface area contributed by atoms with Gasteiger partial charge in [0.2, 0.25) is 0 Å². The van der Waals surface area contributed by atoms with E-state index in [0.717, 1.165) is 12.2 Å². The first-order chi connectivity index (χ1) is 5.34. The number of aryl methyl sites for hydroxylation is 1. The molecule has 0 aromatic carbocycles. The van der Waals surface area contributed by atoms with Crippen LogP contribution in [-0.2, 0) is 0 Å². The zero-order valence-corrected chi connectivity index (χ0v) is 6.71. The molecule has 2 heteroatoms. The molecule has 60 valence electrons. The van der Waals surface area contributed by atoms with Crippen LogP contribution in [0.3, 0.4) is 0 Å². The van der Waals surface area contributed by atoms with E-state index in [-0.39, 0.29) is 0 Å². The van der Waals surface area contributed by atoms with Crippen molar-refractivity contribution in [2.24, 2.45) is 5.73 Å². The molecular formula is C9H13NO. The monoisotopic (exact) mass is 151 g/mol. The first-order valence-electron chi connectivity index (χ1n) is 3.75. The zero-order chi connectivity index (χ0) is 8.10. The molecule has 0 fully saturated rings. The Morgan fingerprint density at radius 3 is 3.00 bits per heavy atom. The molecule has 2 nitrogen and oxygen atoms in total. The van der Waals surface area contributed by atoms with Crippen molar-refractivity contribution in [3.63, 3.8) is 0 Å². The Labute approximate surface area is 66.7 Å². The quantitative estimate of drug-likeness (QED) is 0.717. The van der Waals surface area contributed by atoms with Gasteiger partial charge in [-0.05, 0) is 37.6 Å². The fraction of sp³-hybridized carbons (Fsp3) is 0.333. The van der Waals surface area contributed by atoms with Crippen LogP contribution in [0.5, 0.6) is 0 Å². The zero-order valence-electron chi connectivity index (χ0n) is 6.71. The third kappa shape index (κ3) is 2.24. The number of hydrogen-bond donors (Lipinski definition) is 1. The topological polar surface area (TPSA) is 39.2 Å². The molecule has 0 amide bonds. The largest absolute Gasteiger partial charge is 0.465 e. The molecular weight excluding hydrogens is 138 g/mol. The average Bonchev–Trinajstić information content (AvgIpc) is 2.37. The molecule has 0 spiro atoms. The minimum absolute atomic E-state index is 0.691. The smallest absolute Gasteiger partial charge is 0.129 e. The average molecular weight is 151 g/mol. The van der Waals surface area contributed by atoms with Crippen molar-refractivity contribution in [2.45, 2.75) is 13.3 Å². The Balaban J connectivity index is 2.56. The Morgan fingerprint density at radius 1 is 1.64 bits per heavy atom. The molecule has 0 bridgehead atoms. The second kappa shape index (κ2) is 3.98. The van der Waals surface area contributed by atoms with Gasteiger partial charge >= 0.3 is 0 Å². The van der Waals surface area contributed by atoms with Crippen LogP contribution in [0.25, 0.3) is 6.08 Å². The van der Waals surface area contributed by atoms with Gasteiger partial charge in [0.25, 0.3) is 0 Å². The van der Waals surface area contributed by atoms with Crippen LogP contribution in [0.15, 0.2) is 22.8 Å². The lowest BCUT2D eigenvalue weighted by Gasteiger charge is -1.87. The lowest BCUT2D eigenvalue weighted by Crippen LogP contribution is -1.94. The van der Waals surface area contributed by atoms with Crippen molar-refractivity contribution < 1.29 is 4.42 Å². The molecule has 0 aliphatic heterocycles. The summed E-state index contributed by atoms with van der Waals surface area (Å²) < 4.78 is 5.18. The number of furan rings is 1. The van der Waals surface area contributed by atoms with Gasteiger partial charge < -0.3 is 10.2 Å². The number of nitrogens with two attached hydrogens (primary N) is 1. The third-order valence-corrected chi connectivity index (χ3v) is 1.50. The summed E-state index contributed by atoms with van der Waals surface area (Å²) in [6.07, 6.45) is 6.58. The maximum Gasteiger partial charge on any atom is 0.129 e. The van der Waals surface area contributed by atoms with Crippen LogP contribution < -0.4 is 5.73 Å². The van der Waals surface area contributed by atoms with Crippen molar-refractivity contribution >= 4 is 6.08 Å². The SMILES string of the molecule is Cc1ccoc1/C=C/CCN. The molecule has 2 N–H and O–H groups in total. The molecule has 0 aliphatic rings. The predicted octanol–water partition coefficient (Wildman–Crippen LogP) is 1.95. The molecule has 0 unspecified atom stereocenters. The van der Waals surface area contributed by atoms with Crippen LogP contribution in [-0.4, -0.2) is 6.54 Å². The van der Waals surface area contributed by atoms with Crippen LogP contribution in [0.1, 0.15) is 17.7 Å². The van der Waals surface area contributed by atoms with E-state index in [0.29, 0.717) is 6.54 Å². The summed E-state index contributed by atoms with van der Waals surface area (Å²) in [6, 6.07) is 1.95. The number of hydrogen-bond acceptors (Lipinski definition) is 2. The van der Waals surface area contributed by atoms with Crippen LogP contribution in [0.2, 0.25) is 0 Å². The van der Waals surface area contributed by atoms with E-state index < -0.39 is 0 Å². The van der Waals surface area contributed by atoms with Crippen molar-refractivity contribution in [1.29, 1.82) is 0 Å². The van der Waals surface area contributed by atoms with E-state index in [1.54, 1.807) is 6.26 Å². The van der Waals surface area contributed by atoms with Crippen molar-refractivity contribution in [3.05, 3.63) is 29.7 Å². The summed E-state index contributed by atoms with van der Waals surface area (Å²) in [4.78, 5) is 0. The van der Waals surface area contributed by atoms with Crippen LogP contribution >= 0.6 is 0 Å². The Kier molecular flexibility index (Phi) is 2.93. The summed E-state index contributed by atoms with van der Waals surface area (Å²) in [5.41, 5.74) is 6.49. The van der Waals surface area contributed by atoms with E-state index in [4.69, 9.17) is 10.2 Å². The van der Waals surface area contributed by atoms with E-state index >= 15 is 0 Å². The Bertz CT molecular complexity index is 237. The van der Waals surface area contributed by atoms with Crippen molar-refractivity contribution in [2.75, 3.05) is 6.54 Å². The normalized spacial score (nSPS) is 11.1. The van der Waals surface area contributed by atoms with E-state index in [9.17, 15) is 0 Å². The molecule has 1 aromatic heterocycles. The van der Waals surface area contributed by atoms with Gasteiger partial charge in [-0.2, -0.15) is 0 Å². The summed E-state index contributed by atoms with van der Waals surface area (Å²) in [7, 11) is 0. The van der Waals surface area contributed by atoms with E-state index in [2.05, 4.69) is 0 Å². The van der Waals surface area contributed by atoms with Gasteiger partial charge in [0, 0.05) is 0 Å². The van der Waals surface area contributed by atoms with Gasteiger partial charge in [-0.25, -0.2) is 0 Å². The summed E-state index contributed by atoms with van der Waals surface area (Å²) in [5.74, 6) is 0.929. The highest BCUT2D eigenvalue weighted by Gasteiger charge is 1.93. The maximum absolute atomic E-state index is 5.32. The molecule has 0 aliphatic carbocycles. The van der Waals surface area contributed by atoms with Crippen molar-refractivity contribution in [1.82, 2.24) is 0 Å². The minimum Gasteiger partial charge on any atom is -0.465 e. The van der Waals surface area contributed by atoms with Gasteiger partial charge in [-0.15, -0.1) is 0 Å². The lowest BCUT2D eigenvalue weighted by molar-refractivity contribution is 0.555. The highest BCUT2D eigenvalue weighted by Crippen LogP contribution is 2.10.